The maximum absolute atomic E-state index is 12.5. The smallest absolute Gasteiger partial charge is 0.180 e. The molecule has 2 aliphatic carbocycles. The Kier molecular flexibility index (Phi) is 3.92. The minimum Gasteiger partial charge on any atom is -0.395 e. The van der Waals surface area contributed by atoms with Crippen LogP contribution in [0.4, 0.5) is 0 Å². The number of Topliss-reactive ketones (excluding diaryl/α,β-unsaturated/α-hetero) is 1. The molecule has 0 atom stereocenters. The van der Waals surface area contributed by atoms with Gasteiger partial charge in [0, 0.05) is 30.6 Å². The van der Waals surface area contributed by atoms with Gasteiger partial charge in [0.15, 0.2) is 5.78 Å². The van der Waals surface area contributed by atoms with Crippen molar-refractivity contribution in [1.82, 2.24) is 9.88 Å². The van der Waals surface area contributed by atoms with Crippen LogP contribution in [0.1, 0.15) is 56.5 Å². The van der Waals surface area contributed by atoms with Gasteiger partial charge in [-0.15, -0.1) is 0 Å². The van der Waals surface area contributed by atoms with Crippen LogP contribution in [0.3, 0.4) is 0 Å². The van der Waals surface area contributed by atoms with Crippen molar-refractivity contribution in [3.05, 3.63) is 34.7 Å². The van der Waals surface area contributed by atoms with E-state index in [2.05, 4.69) is 11.0 Å². The first kappa shape index (κ1) is 17.2. The molecule has 0 bridgehead atoms. The fourth-order valence-electron chi connectivity index (χ4n) is 4.11. The summed E-state index contributed by atoms with van der Waals surface area (Å²) in [6.07, 6.45) is 5.11. The highest BCUT2D eigenvalue weighted by Crippen LogP contribution is 2.54. The molecule has 136 valence electrons. The van der Waals surface area contributed by atoms with Crippen LogP contribution in [0.15, 0.2) is 17.7 Å². The molecule has 0 aromatic carbocycles. The normalized spacial score (nSPS) is 21.6. The number of aromatic nitrogens is 1. The van der Waals surface area contributed by atoms with Crippen molar-refractivity contribution >= 4 is 11.5 Å². The molecule has 0 unspecified atom stereocenters. The van der Waals surface area contributed by atoms with Gasteiger partial charge in [-0.2, -0.15) is 5.26 Å². The van der Waals surface area contributed by atoms with E-state index in [4.69, 9.17) is 4.98 Å². The van der Waals surface area contributed by atoms with Crippen LogP contribution in [-0.4, -0.2) is 40.5 Å². The fourth-order valence-corrected chi connectivity index (χ4v) is 4.11. The summed E-state index contributed by atoms with van der Waals surface area (Å²) in [5, 5.41) is 19.4. The van der Waals surface area contributed by atoms with Crippen LogP contribution in [-0.2, 0) is 16.6 Å². The third kappa shape index (κ3) is 2.73. The second kappa shape index (κ2) is 5.92. The van der Waals surface area contributed by atoms with Crippen LogP contribution < -0.4 is 0 Å². The number of rotatable bonds is 3. The number of nitrogens with zero attached hydrogens (tertiary/aromatic N) is 3. The Balaban J connectivity index is 1.78. The van der Waals surface area contributed by atoms with E-state index in [0.717, 1.165) is 42.9 Å². The lowest BCUT2D eigenvalue weighted by atomic mass is 9.85. The highest BCUT2D eigenvalue weighted by Gasteiger charge is 2.45. The van der Waals surface area contributed by atoms with Crippen molar-refractivity contribution in [3.63, 3.8) is 0 Å². The Bertz CT molecular complexity index is 833. The van der Waals surface area contributed by atoms with Crippen LogP contribution in [0.25, 0.3) is 5.70 Å². The van der Waals surface area contributed by atoms with Crippen molar-refractivity contribution in [3.8, 4) is 6.07 Å². The lowest BCUT2D eigenvalue weighted by Crippen LogP contribution is -2.37. The molecular formula is C21H25N3O2. The zero-order chi connectivity index (χ0) is 18.5. The summed E-state index contributed by atoms with van der Waals surface area (Å²) in [5.74, 6) is -0.113. The largest absolute Gasteiger partial charge is 0.395 e. The average molecular weight is 351 g/mol. The molecule has 4 rings (SSSR count). The third-order valence-corrected chi connectivity index (χ3v) is 6.37. The van der Waals surface area contributed by atoms with Gasteiger partial charge in [0.2, 0.25) is 0 Å². The Morgan fingerprint density at radius 1 is 1.27 bits per heavy atom. The van der Waals surface area contributed by atoms with E-state index in [1.807, 2.05) is 26.0 Å². The second-order valence-electron chi connectivity index (χ2n) is 8.67. The summed E-state index contributed by atoms with van der Waals surface area (Å²) in [4.78, 5) is 19.6. The van der Waals surface area contributed by atoms with Gasteiger partial charge in [0.25, 0.3) is 0 Å². The minimum atomic E-state index is -0.464. The van der Waals surface area contributed by atoms with Crippen molar-refractivity contribution in [2.24, 2.45) is 5.41 Å². The summed E-state index contributed by atoms with van der Waals surface area (Å²) in [5.41, 5.74) is 3.45. The summed E-state index contributed by atoms with van der Waals surface area (Å²) >= 11 is 0. The molecule has 26 heavy (non-hydrogen) atoms. The monoisotopic (exact) mass is 351 g/mol. The summed E-state index contributed by atoms with van der Waals surface area (Å²) in [6, 6.07) is 5.98. The fraction of sp³-hybridized carbons (Fsp3) is 0.571. The van der Waals surface area contributed by atoms with Crippen molar-refractivity contribution in [2.45, 2.75) is 51.4 Å². The molecule has 1 saturated heterocycles. The van der Waals surface area contributed by atoms with Crippen molar-refractivity contribution < 1.29 is 9.90 Å². The van der Waals surface area contributed by atoms with Crippen LogP contribution >= 0.6 is 0 Å². The molecule has 1 aromatic rings. The quantitative estimate of drug-likeness (QED) is 0.906. The van der Waals surface area contributed by atoms with E-state index in [0.29, 0.717) is 11.1 Å². The maximum atomic E-state index is 12.5. The van der Waals surface area contributed by atoms with Crippen LogP contribution in [0, 0.1) is 16.7 Å². The number of aliphatic hydroxyl groups is 1. The summed E-state index contributed by atoms with van der Waals surface area (Å²) in [7, 11) is 0. The Morgan fingerprint density at radius 2 is 1.96 bits per heavy atom. The van der Waals surface area contributed by atoms with Gasteiger partial charge in [-0.25, -0.2) is 0 Å². The first-order valence-electron chi connectivity index (χ1n) is 9.43. The number of ketones is 1. The standard InChI is InChI=1S/C21H25N3O2/c1-20(2,13-25)17-4-3-14-11-16(26)15(12-22)19(18(14)23-17)24-9-7-21(5-6-21)8-10-24/h3-4,25H,5-11,13H2,1-2H3. The molecular weight excluding hydrogens is 326 g/mol. The number of carbonyl (C=O) groups excluding carboxylic acids is 1. The number of piperidine rings is 1. The molecule has 5 nitrogen and oxygen atoms in total. The Labute approximate surface area is 154 Å². The molecule has 1 N–H and O–H groups in total. The highest BCUT2D eigenvalue weighted by atomic mass is 16.3. The molecule has 1 spiro atoms. The molecule has 5 heteroatoms. The number of fused-ring (bicyclic) bond motifs is 1. The number of pyridine rings is 1. The van der Waals surface area contributed by atoms with Gasteiger partial charge in [0.05, 0.1) is 18.0 Å². The number of likely N-dealkylation sites (tertiary alicyclic amines) is 1. The molecule has 2 heterocycles. The van der Waals surface area contributed by atoms with Gasteiger partial charge < -0.3 is 10.0 Å². The van der Waals surface area contributed by atoms with E-state index in [1.165, 1.54) is 12.8 Å². The molecule has 1 aliphatic heterocycles. The van der Waals surface area contributed by atoms with E-state index in [9.17, 15) is 15.2 Å². The number of carbonyl (C=O) groups is 1. The molecule has 2 fully saturated rings. The SMILES string of the molecule is CC(C)(CO)c1ccc2c(n1)C(N1CCC3(CC1)CC3)=C(C#N)C(=O)C2. The van der Waals surface area contributed by atoms with E-state index in [-0.39, 0.29) is 24.4 Å². The third-order valence-electron chi connectivity index (χ3n) is 6.37. The first-order chi connectivity index (χ1) is 12.4. The molecule has 1 saturated carbocycles. The van der Waals surface area contributed by atoms with Gasteiger partial charge in [-0.05, 0) is 42.7 Å². The minimum absolute atomic E-state index is 0.00585. The molecule has 1 aromatic heterocycles. The Hall–Kier alpha value is -2.19. The van der Waals surface area contributed by atoms with Gasteiger partial charge in [-0.1, -0.05) is 19.9 Å². The predicted octanol–water partition coefficient (Wildman–Crippen LogP) is 2.59. The topological polar surface area (TPSA) is 77.2 Å². The molecule has 0 radical (unpaired) electrons. The number of hydrogen-bond acceptors (Lipinski definition) is 5. The van der Waals surface area contributed by atoms with Crippen LogP contribution in [0.2, 0.25) is 0 Å². The Morgan fingerprint density at radius 3 is 2.54 bits per heavy atom. The maximum Gasteiger partial charge on any atom is 0.180 e. The number of hydrogen-bond donors (Lipinski definition) is 1. The van der Waals surface area contributed by atoms with E-state index >= 15 is 0 Å². The lowest BCUT2D eigenvalue weighted by Gasteiger charge is -2.37. The lowest BCUT2D eigenvalue weighted by molar-refractivity contribution is -0.114. The van der Waals surface area contributed by atoms with Gasteiger partial charge >= 0.3 is 0 Å². The number of aliphatic hydroxyl groups excluding tert-OH is 1. The highest BCUT2D eigenvalue weighted by molar-refractivity contribution is 6.09. The van der Waals surface area contributed by atoms with Crippen molar-refractivity contribution in [2.75, 3.05) is 19.7 Å². The van der Waals surface area contributed by atoms with Crippen molar-refractivity contribution in [1.29, 1.82) is 5.26 Å². The van der Waals surface area contributed by atoms with Crippen LogP contribution in [0.5, 0.6) is 0 Å². The van der Waals surface area contributed by atoms with Gasteiger partial charge in [-0.3, -0.25) is 9.78 Å². The zero-order valence-corrected chi connectivity index (χ0v) is 15.5. The predicted molar refractivity (Wildman–Crippen MR) is 98.1 cm³/mol. The molecule has 0 amide bonds. The summed E-state index contributed by atoms with van der Waals surface area (Å²) < 4.78 is 0. The van der Waals surface area contributed by atoms with E-state index < -0.39 is 5.41 Å². The second-order valence-corrected chi connectivity index (χ2v) is 8.67. The number of allylic oxidation sites excluding steroid dienone is 1. The average Bonchev–Trinajstić information content (AvgIpc) is 3.40. The summed E-state index contributed by atoms with van der Waals surface area (Å²) in [6.45, 7) is 5.64. The first-order valence-corrected chi connectivity index (χ1v) is 9.43. The van der Waals surface area contributed by atoms with E-state index in [1.54, 1.807) is 0 Å². The molecule has 3 aliphatic rings. The number of nitriles is 1. The zero-order valence-electron chi connectivity index (χ0n) is 15.5. The van der Waals surface area contributed by atoms with Gasteiger partial charge in [0.1, 0.15) is 11.6 Å².